The van der Waals surface area contributed by atoms with Gasteiger partial charge in [-0.05, 0) is 48.5 Å². The highest BCUT2D eigenvalue weighted by Crippen LogP contribution is 2.33. The highest BCUT2D eigenvalue weighted by molar-refractivity contribution is 6.11. The van der Waals surface area contributed by atoms with Crippen LogP contribution in [0.5, 0.6) is 0 Å². The van der Waals surface area contributed by atoms with Gasteiger partial charge < -0.3 is 21.3 Å². The molecule has 0 aromatic heterocycles. The number of hydrogen-bond acceptors (Lipinski definition) is 4. The molecule has 7 heteroatoms. The van der Waals surface area contributed by atoms with Crippen LogP contribution in [-0.2, 0) is 11.3 Å². The van der Waals surface area contributed by atoms with E-state index in [1.54, 1.807) is 30.3 Å². The maximum absolute atomic E-state index is 12.7. The summed E-state index contributed by atoms with van der Waals surface area (Å²) in [5.74, 6) is -0.744. The van der Waals surface area contributed by atoms with Gasteiger partial charge in [-0.25, -0.2) is 0 Å². The number of para-hydroxylation sites is 1. The Morgan fingerprint density at radius 1 is 0.833 bits per heavy atom. The standard InChI is InChI=1S/C23H20N4O3/c1-14(28)25-17-9-7-15(8-10-17)22(29)27-20-12-11-19(18-13-24-23(30)21(18)20)26-16-5-3-2-4-6-16/h2-12,26H,13H2,1H3,(H,24,30)(H,25,28)(H,27,29). The number of hydrogen-bond donors (Lipinski definition) is 4. The van der Waals surface area contributed by atoms with Crippen molar-refractivity contribution in [3.8, 4) is 0 Å². The molecule has 150 valence electrons. The molecule has 3 aromatic rings. The molecular weight excluding hydrogens is 380 g/mol. The zero-order valence-electron chi connectivity index (χ0n) is 16.3. The first kappa shape index (κ1) is 19.2. The van der Waals surface area contributed by atoms with Crippen LogP contribution in [0.25, 0.3) is 0 Å². The number of carbonyl (C=O) groups excluding carboxylic acids is 3. The van der Waals surface area contributed by atoms with E-state index in [0.29, 0.717) is 29.0 Å². The fourth-order valence-electron chi connectivity index (χ4n) is 3.35. The Labute approximate surface area is 173 Å². The fourth-order valence-corrected chi connectivity index (χ4v) is 3.35. The summed E-state index contributed by atoms with van der Waals surface area (Å²) >= 11 is 0. The van der Waals surface area contributed by atoms with E-state index >= 15 is 0 Å². The SMILES string of the molecule is CC(=O)Nc1ccc(C(=O)Nc2ccc(Nc3ccccc3)c3c2C(=O)NC3)cc1. The second-order valence-electron chi connectivity index (χ2n) is 6.90. The summed E-state index contributed by atoms with van der Waals surface area (Å²) in [5, 5.41) is 11.6. The zero-order chi connectivity index (χ0) is 21.1. The summed E-state index contributed by atoms with van der Waals surface area (Å²) in [6.07, 6.45) is 0. The number of carbonyl (C=O) groups is 3. The molecule has 4 N–H and O–H groups in total. The number of nitrogens with one attached hydrogen (secondary N) is 4. The van der Waals surface area contributed by atoms with E-state index in [1.807, 2.05) is 36.4 Å². The zero-order valence-corrected chi connectivity index (χ0v) is 16.3. The summed E-state index contributed by atoms with van der Waals surface area (Å²) in [6, 6.07) is 19.8. The van der Waals surface area contributed by atoms with Gasteiger partial charge in [0.15, 0.2) is 0 Å². The third-order valence-electron chi connectivity index (χ3n) is 4.73. The topological polar surface area (TPSA) is 99.3 Å². The molecule has 3 aromatic carbocycles. The Bertz CT molecular complexity index is 1130. The first-order valence-electron chi connectivity index (χ1n) is 9.46. The predicted molar refractivity (Wildman–Crippen MR) is 116 cm³/mol. The van der Waals surface area contributed by atoms with Crippen molar-refractivity contribution in [1.82, 2.24) is 5.32 Å². The Hall–Kier alpha value is -4.13. The van der Waals surface area contributed by atoms with Gasteiger partial charge in [0, 0.05) is 41.7 Å². The van der Waals surface area contributed by atoms with E-state index < -0.39 is 0 Å². The number of rotatable bonds is 5. The second-order valence-corrected chi connectivity index (χ2v) is 6.90. The van der Waals surface area contributed by atoms with Crippen LogP contribution in [-0.4, -0.2) is 17.7 Å². The maximum Gasteiger partial charge on any atom is 0.255 e. The molecule has 1 heterocycles. The quantitative estimate of drug-likeness (QED) is 0.522. The van der Waals surface area contributed by atoms with Crippen LogP contribution in [0.2, 0.25) is 0 Å². The van der Waals surface area contributed by atoms with Crippen LogP contribution in [0, 0.1) is 0 Å². The summed E-state index contributed by atoms with van der Waals surface area (Å²) < 4.78 is 0. The van der Waals surface area contributed by atoms with Gasteiger partial charge in [-0.2, -0.15) is 0 Å². The van der Waals surface area contributed by atoms with E-state index in [4.69, 9.17) is 0 Å². The number of fused-ring (bicyclic) bond motifs is 1. The smallest absolute Gasteiger partial charge is 0.255 e. The molecular formula is C23H20N4O3. The maximum atomic E-state index is 12.7. The van der Waals surface area contributed by atoms with Crippen molar-refractivity contribution in [3.05, 3.63) is 83.4 Å². The lowest BCUT2D eigenvalue weighted by Crippen LogP contribution is -2.17. The van der Waals surface area contributed by atoms with Crippen LogP contribution in [0.1, 0.15) is 33.2 Å². The molecule has 1 aliphatic heterocycles. The van der Waals surface area contributed by atoms with Gasteiger partial charge in [-0.15, -0.1) is 0 Å². The molecule has 0 spiro atoms. The normalized spacial score (nSPS) is 12.0. The average Bonchev–Trinajstić information content (AvgIpc) is 3.13. The van der Waals surface area contributed by atoms with Crippen molar-refractivity contribution >= 4 is 40.5 Å². The minimum Gasteiger partial charge on any atom is -0.355 e. The number of amides is 3. The van der Waals surface area contributed by atoms with Crippen LogP contribution in [0.4, 0.5) is 22.7 Å². The Morgan fingerprint density at radius 3 is 2.23 bits per heavy atom. The monoisotopic (exact) mass is 400 g/mol. The van der Waals surface area contributed by atoms with Gasteiger partial charge in [0.25, 0.3) is 11.8 Å². The molecule has 3 amide bonds. The van der Waals surface area contributed by atoms with Gasteiger partial charge in [0.05, 0.1) is 11.3 Å². The van der Waals surface area contributed by atoms with Crippen molar-refractivity contribution in [1.29, 1.82) is 0 Å². The molecule has 0 saturated carbocycles. The molecule has 0 atom stereocenters. The molecule has 0 bridgehead atoms. The lowest BCUT2D eigenvalue weighted by atomic mass is 10.0. The fraction of sp³-hybridized carbons (Fsp3) is 0.0870. The van der Waals surface area contributed by atoms with Gasteiger partial charge >= 0.3 is 0 Å². The first-order valence-corrected chi connectivity index (χ1v) is 9.46. The van der Waals surface area contributed by atoms with Crippen LogP contribution in [0.3, 0.4) is 0 Å². The van der Waals surface area contributed by atoms with Gasteiger partial charge in [0.2, 0.25) is 5.91 Å². The molecule has 0 unspecified atom stereocenters. The van der Waals surface area contributed by atoms with E-state index in [2.05, 4.69) is 21.3 Å². The second kappa shape index (κ2) is 8.08. The van der Waals surface area contributed by atoms with E-state index in [0.717, 1.165) is 16.9 Å². The van der Waals surface area contributed by atoms with Crippen molar-refractivity contribution in [2.24, 2.45) is 0 Å². The summed E-state index contributed by atoms with van der Waals surface area (Å²) in [5.41, 5.74) is 4.47. The highest BCUT2D eigenvalue weighted by atomic mass is 16.2. The van der Waals surface area contributed by atoms with Crippen molar-refractivity contribution in [2.75, 3.05) is 16.0 Å². The van der Waals surface area contributed by atoms with Gasteiger partial charge in [-0.3, -0.25) is 14.4 Å². The lowest BCUT2D eigenvalue weighted by molar-refractivity contribution is -0.114. The van der Waals surface area contributed by atoms with E-state index in [-0.39, 0.29) is 17.7 Å². The minimum absolute atomic E-state index is 0.182. The molecule has 0 saturated heterocycles. The van der Waals surface area contributed by atoms with Crippen molar-refractivity contribution in [3.63, 3.8) is 0 Å². The average molecular weight is 400 g/mol. The van der Waals surface area contributed by atoms with E-state index in [9.17, 15) is 14.4 Å². The minimum atomic E-state index is -0.338. The third kappa shape index (κ3) is 4.00. The number of benzene rings is 3. The largest absolute Gasteiger partial charge is 0.355 e. The highest BCUT2D eigenvalue weighted by Gasteiger charge is 2.26. The molecule has 1 aliphatic rings. The van der Waals surface area contributed by atoms with E-state index in [1.165, 1.54) is 6.92 Å². The Kier molecular flexibility index (Phi) is 5.17. The summed E-state index contributed by atoms with van der Waals surface area (Å²) in [7, 11) is 0. The Balaban J connectivity index is 1.57. The Morgan fingerprint density at radius 2 is 1.53 bits per heavy atom. The predicted octanol–water partition coefficient (Wildman–Crippen LogP) is 3.88. The van der Waals surface area contributed by atoms with Crippen LogP contribution >= 0.6 is 0 Å². The van der Waals surface area contributed by atoms with Gasteiger partial charge in [-0.1, -0.05) is 18.2 Å². The van der Waals surface area contributed by atoms with Crippen LogP contribution in [0.15, 0.2) is 66.7 Å². The van der Waals surface area contributed by atoms with Crippen molar-refractivity contribution in [2.45, 2.75) is 13.5 Å². The van der Waals surface area contributed by atoms with Crippen LogP contribution < -0.4 is 21.3 Å². The summed E-state index contributed by atoms with van der Waals surface area (Å²) in [6.45, 7) is 1.81. The molecule has 0 fully saturated rings. The molecule has 4 rings (SSSR count). The number of anilines is 4. The molecule has 30 heavy (non-hydrogen) atoms. The first-order chi connectivity index (χ1) is 14.5. The lowest BCUT2D eigenvalue weighted by Gasteiger charge is -2.14. The molecule has 7 nitrogen and oxygen atoms in total. The third-order valence-corrected chi connectivity index (χ3v) is 4.73. The van der Waals surface area contributed by atoms with Crippen molar-refractivity contribution < 1.29 is 14.4 Å². The van der Waals surface area contributed by atoms with Gasteiger partial charge in [0.1, 0.15) is 0 Å². The molecule has 0 aliphatic carbocycles. The molecule has 0 radical (unpaired) electrons. The summed E-state index contributed by atoms with van der Waals surface area (Å²) in [4.78, 5) is 36.2.